The van der Waals surface area contributed by atoms with Gasteiger partial charge in [0.15, 0.2) is 5.96 Å². The van der Waals surface area contributed by atoms with Gasteiger partial charge < -0.3 is 20.1 Å². The summed E-state index contributed by atoms with van der Waals surface area (Å²) in [5, 5.41) is 7.12. The largest absolute Gasteiger partial charge is 0.489 e. The van der Waals surface area contributed by atoms with E-state index in [0.29, 0.717) is 18.2 Å². The van der Waals surface area contributed by atoms with Crippen LogP contribution in [0.3, 0.4) is 0 Å². The number of ether oxygens (including phenoxy) is 2. The van der Waals surface area contributed by atoms with Crippen LogP contribution in [-0.2, 0) is 4.74 Å². The molecule has 0 saturated heterocycles. The number of halogens is 1. The van der Waals surface area contributed by atoms with Crippen molar-refractivity contribution in [3.8, 4) is 5.75 Å². The van der Waals surface area contributed by atoms with Crippen LogP contribution in [0.4, 0.5) is 0 Å². The van der Waals surface area contributed by atoms with Crippen LogP contribution in [0.5, 0.6) is 5.75 Å². The van der Waals surface area contributed by atoms with Gasteiger partial charge in [-0.15, -0.1) is 0 Å². The lowest BCUT2D eigenvalue weighted by Gasteiger charge is -2.20. The zero-order chi connectivity index (χ0) is 15.7. The summed E-state index contributed by atoms with van der Waals surface area (Å²) in [5.41, 5.74) is 0. The van der Waals surface area contributed by atoms with Gasteiger partial charge in [-0.2, -0.15) is 0 Å². The number of hydrogen-bond acceptors (Lipinski definition) is 3. The fourth-order valence-corrected chi connectivity index (χ4v) is 1.95. The molecule has 1 aromatic rings. The SMILES string of the molecule is CN=C(NCC(C)Oc1cccc(Cl)c1)NC(C)COC. The van der Waals surface area contributed by atoms with Crippen molar-refractivity contribution in [1.29, 1.82) is 0 Å². The third-order valence-electron chi connectivity index (χ3n) is 2.71. The normalized spacial score (nSPS) is 14.4. The Balaban J connectivity index is 2.38. The number of nitrogens with zero attached hydrogens (tertiary/aromatic N) is 1. The van der Waals surface area contributed by atoms with Gasteiger partial charge in [0.05, 0.1) is 13.2 Å². The third kappa shape index (κ3) is 7.20. The lowest BCUT2D eigenvalue weighted by atomic mass is 10.3. The summed E-state index contributed by atoms with van der Waals surface area (Å²) in [6.45, 7) is 5.27. The molecule has 0 radical (unpaired) electrons. The lowest BCUT2D eigenvalue weighted by Crippen LogP contribution is -2.46. The predicted molar refractivity (Wildman–Crippen MR) is 87.4 cm³/mol. The maximum Gasteiger partial charge on any atom is 0.191 e. The third-order valence-corrected chi connectivity index (χ3v) is 2.95. The molecule has 0 bridgehead atoms. The minimum absolute atomic E-state index is 0.0141. The zero-order valence-electron chi connectivity index (χ0n) is 13.0. The highest BCUT2D eigenvalue weighted by atomic mass is 35.5. The average molecular weight is 314 g/mol. The van der Waals surface area contributed by atoms with Crippen molar-refractivity contribution in [1.82, 2.24) is 10.6 Å². The van der Waals surface area contributed by atoms with Crippen LogP contribution in [0.2, 0.25) is 5.02 Å². The van der Waals surface area contributed by atoms with E-state index >= 15 is 0 Å². The molecule has 21 heavy (non-hydrogen) atoms. The Kier molecular flexibility index (Phi) is 7.93. The Labute approximate surface area is 131 Å². The molecule has 0 spiro atoms. The van der Waals surface area contributed by atoms with E-state index in [0.717, 1.165) is 11.7 Å². The van der Waals surface area contributed by atoms with Gasteiger partial charge in [-0.3, -0.25) is 4.99 Å². The van der Waals surface area contributed by atoms with Crippen LogP contribution in [0.15, 0.2) is 29.3 Å². The van der Waals surface area contributed by atoms with Crippen molar-refractivity contribution in [2.24, 2.45) is 4.99 Å². The standard InChI is InChI=1S/C15H24ClN3O2/c1-11(10-20-4)19-15(17-3)18-9-12(2)21-14-7-5-6-13(16)8-14/h5-8,11-12H,9-10H2,1-4H3,(H2,17,18,19). The molecule has 2 N–H and O–H groups in total. The molecule has 5 nitrogen and oxygen atoms in total. The van der Waals surface area contributed by atoms with Crippen LogP contribution < -0.4 is 15.4 Å². The molecule has 1 aromatic carbocycles. The van der Waals surface area contributed by atoms with E-state index in [1.807, 2.05) is 32.0 Å². The molecule has 0 saturated carbocycles. The van der Waals surface area contributed by atoms with E-state index in [1.54, 1.807) is 20.2 Å². The van der Waals surface area contributed by atoms with Gasteiger partial charge in [0, 0.05) is 25.2 Å². The van der Waals surface area contributed by atoms with E-state index in [-0.39, 0.29) is 12.1 Å². The number of nitrogens with one attached hydrogen (secondary N) is 2. The average Bonchev–Trinajstić information content (AvgIpc) is 2.43. The number of rotatable bonds is 7. The molecular formula is C15H24ClN3O2. The Morgan fingerprint density at radius 3 is 2.76 bits per heavy atom. The number of benzene rings is 1. The second kappa shape index (κ2) is 9.47. The summed E-state index contributed by atoms with van der Waals surface area (Å²) in [6.07, 6.45) is -0.0141. The van der Waals surface area contributed by atoms with E-state index in [4.69, 9.17) is 21.1 Å². The molecule has 1 rings (SSSR count). The summed E-state index contributed by atoms with van der Waals surface area (Å²) in [5.74, 6) is 1.48. The highest BCUT2D eigenvalue weighted by molar-refractivity contribution is 6.30. The number of hydrogen-bond donors (Lipinski definition) is 2. The van der Waals surface area contributed by atoms with Gasteiger partial charge in [-0.1, -0.05) is 17.7 Å². The zero-order valence-corrected chi connectivity index (χ0v) is 13.8. The van der Waals surface area contributed by atoms with Gasteiger partial charge in [0.25, 0.3) is 0 Å². The smallest absolute Gasteiger partial charge is 0.191 e. The van der Waals surface area contributed by atoms with Crippen molar-refractivity contribution in [2.75, 3.05) is 27.3 Å². The van der Waals surface area contributed by atoms with E-state index in [1.165, 1.54) is 0 Å². The van der Waals surface area contributed by atoms with E-state index < -0.39 is 0 Å². The summed E-state index contributed by atoms with van der Waals surface area (Å²) in [7, 11) is 3.41. The number of aliphatic imine (C=N–C) groups is 1. The second-order valence-corrected chi connectivity index (χ2v) is 5.28. The van der Waals surface area contributed by atoms with Gasteiger partial charge in [0.1, 0.15) is 11.9 Å². The van der Waals surface area contributed by atoms with Crippen molar-refractivity contribution < 1.29 is 9.47 Å². The minimum atomic E-state index is -0.0141. The van der Waals surface area contributed by atoms with Gasteiger partial charge in [0.2, 0.25) is 0 Å². The van der Waals surface area contributed by atoms with Crippen LogP contribution in [0, 0.1) is 0 Å². The molecule has 0 aliphatic rings. The highest BCUT2D eigenvalue weighted by Gasteiger charge is 2.08. The monoisotopic (exact) mass is 313 g/mol. The van der Waals surface area contributed by atoms with Gasteiger partial charge in [-0.05, 0) is 32.0 Å². The topological polar surface area (TPSA) is 54.9 Å². The minimum Gasteiger partial charge on any atom is -0.489 e. The molecule has 0 heterocycles. The maximum absolute atomic E-state index is 5.93. The van der Waals surface area contributed by atoms with Crippen LogP contribution in [-0.4, -0.2) is 45.4 Å². The summed E-state index contributed by atoms with van der Waals surface area (Å²) < 4.78 is 10.9. The molecule has 0 aliphatic carbocycles. The number of methoxy groups -OCH3 is 1. The molecule has 6 heteroatoms. The summed E-state index contributed by atoms with van der Waals surface area (Å²) in [4.78, 5) is 4.17. The first-order valence-corrected chi connectivity index (χ1v) is 7.31. The molecule has 0 aliphatic heterocycles. The lowest BCUT2D eigenvalue weighted by molar-refractivity contribution is 0.178. The van der Waals surface area contributed by atoms with Crippen molar-refractivity contribution in [3.63, 3.8) is 0 Å². The molecule has 0 amide bonds. The molecule has 118 valence electrons. The molecule has 2 atom stereocenters. The van der Waals surface area contributed by atoms with Crippen molar-refractivity contribution in [2.45, 2.75) is 26.0 Å². The van der Waals surface area contributed by atoms with Crippen molar-refractivity contribution >= 4 is 17.6 Å². The second-order valence-electron chi connectivity index (χ2n) is 4.84. The van der Waals surface area contributed by atoms with Crippen LogP contribution >= 0.6 is 11.6 Å². The first-order chi connectivity index (χ1) is 10.0. The molecule has 0 aromatic heterocycles. The summed E-state index contributed by atoms with van der Waals surface area (Å²) in [6, 6.07) is 7.55. The molecular weight excluding hydrogens is 290 g/mol. The fourth-order valence-electron chi connectivity index (χ4n) is 1.77. The first kappa shape index (κ1) is 17.6. The maximum atomic E-state index is 5.93. The van der Waals surface area contributed by atoms with Gasteiger partial charge >= 0.3 is 0 Å². The number of guanidine groups is 1. The Bertz CT molecular complexity index is 454. The Morgan fingerprint density at radius 1 is 1.38 bits per heavy atom. The van der Waals surface area contributed by atoms with Gasteiger partial charge in [-0.25, -0.2) is 0 Å². The van der Waals surface area contributed by atoms with E-state index in [2.05, 4.69) is 15.6 Å². The first-order valence-electron chi connectivity index (χ1n) is 6.93. The quantitative estimate of drug-likeness (QED) is 0.599. The van der Waals surface area contributed by atoms with E-state index in [9.17, 15) is 0 Å². The van der Waals surface area contributed by atoms with Crippen LogP contribution in [0.25, 0.3) is 0 Å². The van der Waals surface area contributed by atoms with Crippen LogP contribution in [0.1, 0.15) is 13.8 Å². The van der Waals surface area contributed by atoms with Crippen molar-refractivity contribution in [3.05, 3.63) is 29.3 Å². The molecule has 2 unspecified atom stereocenters. The summed E-state index contributed by atoms with van der Waals surface area (Å²) >= 11 is 5.93. The Hall–Kier alpha value is -1.46. The fraction of sp³-hybridized carbons (Fsp3) is 0.533. The molecule has 0 fully saturated rings. The predicted octanol–water partition coefficient (Wildman–Crippen LogP) is 2.31. The highest BCUT2D eigenvalue weighted by Crippen LogP contribution is 2.18. The Morgan fingerprint density at radius 2 is 2.14 bits per heavy atom.